The van der Waals surface area contributed by atoms with Crippen molar-refractivity contribution >= 4 is 16.9 Å². The van der Waals surface area contributed by atoms with E-state index in [4.69, 9.17) is 0 Å². The van der Waals surface area contributed by atoms with E-state index in [2.05, 4.69) is 15.3 Å². The molecule has 0 unspecified atom stereocenters. The molecule has 1 heterocycles. The number of aromatic amines is 1. The molecule has 4 heteroatoms. The number of carbonyl (C=O) groups excluding carboxylic acids is 1. The van der Waals surface area contributed by atoms with Gasteiger partial charge in [-0.3, -0.25) is 4.79 Å². The number of amides is 1. The summed E-state index contributed by atoms with van der Waals surface area (Å²) in [5.74, 6) is 0.832. The lowest BCUT2D eigenvalue weighted by Crippen LogP contribution is -2.21. The maximum atomic E-state index is 11.1. The third kappa shape index (κ3) is 2.21. The summed E-state index contributed by atoms with van der Waals surface area (Å²) in [6, 6.07) is 6.05. The molecule has 84 valence electrons. The maximum absolute atomic E-state index is 11.1. The Morgan fingerprint density at radius 3 is 3.06 bits per heavy atom. The molecule has 0 saturated heterocycles. The van der Waals surface area contributed by atoms with Gasteiger partial charge in [-0.05, 0) is 24.6 Å². The molecule has 0 radical (unpaired) electrons. The first-order valence-corrected chi connectivity index (χ1v) is 5.41. The van der Waals surface area contributed by atoms with Crippen LogP contribution in [0, 0.1) is 6.92 Å². The summed E-state index contributed by atoms with van der Waals surface area (Å²) in [6.45, 7) is 4.33. The van der Waals surface area contributed by atoms with Crippen LogP contribution in [0.25, 0.3) is 11.0 Å². The van der Waals surface area contributed by atoms with Crippen LogP contribution >= 0.6 is 0 Å². The molecule has 0 saturated carbocycles. The second-order valence-corrected chi connectivity index (χ2v) is 3.83. The van der Waals surface area contributed by atoms with Crippen LogP contribution in [-0.4, -0.2) is 15.9 Å². The minimum atomic E-state index is 0.0386. The van der Waals surface area contributed by atoms with Crippen LogP contribution in [0.2, 0.25) is 0 Å². The van der Waals surface area contributed by atoms with Crippen molar-refractivity contribution in [1.29, 1.82) is 0 Å². The van der Waals surface area contributed by atoms with Gasteiger partial charge in [0.2, 0.25) is 5.91 Å². The van der Waals surface area contributed by atoms with E-state index in [9.17, 15) is 4.79 Å². The summed E-state index contributed by atoms with van der Waals surface area (Å²) in [5, 5.41) is 2.79. The van der Waals surface area contributed by atoms with Gasteiger partial charge in [-0.2, -0.15) is 0 Å². The van der Waals surface area contributed by atoms with E-state index < -0.39 is 0 Å². The number of nitrogens with one attached hydrogen (secondary N) is 2. The van der Waals surface area contributed by atoms with Gasteiger partial charge in [-0.1, -0.05) is 13.0 Å². The van der Waals surface area contributed by atoms with Crippen molar-refractivity contribution in [3.05, 3.63) is 29.6 Å². The van der Waals surface area contributed by atoms with Crippen LogP contribution in [0.4, 0.5) is 0 Å². The third-order valence-corrected chi connectivity index (χ3v) is 2.46. The highest BCUT2D eigenvalue weighted by atomic mass is 16.1. The van der Waals surface area contributed by atoms with E-state index in [0.29, 0.717) is 13.0 Å². The van der Waals surface area contributed by atoms with Gasteiger partial charge in [0.25, 0.3) is 0 Å². The second kappa shape index (κ2) is 4.35. The Bertz CT molecular complexity index is 516. The normalized spacial score (nSPS) is 10.6. The predicted molar refractivity (Wildman–Crippen MR) is 63.0 cm³/mol. The molecule has 1 aromatic carbocycles. The van der Waals surface area contributed by atoms with Crippen LogP contribution < -0.4 is 5.32 Å². The van der Waals surface area contributed by atoms with Gasteiger partial charge in [0, 0.05) is 6.42 Å². The Hall–Kier alpha value is -1.84. The van der Waals surface area contributed by atoms with Gasteiger partial charge in [-0.15, -0.1) is 0 Å². The fourth-order valence-corrected chi connectivity index (χ4v) is 1.57. The number of rotatable bonds is 3. The van der Waals surface area contributed by atoms with Crippen LogP contribution in [0.5, 0.6) is 0 Å². The maximum Gasteiger partial charge on any atom is 0.220 e. The second-order valence-electron chi connectivity index (χ2n) is 3.83. The Balaban J connectivity index is 2.16. The molecule has 0 spiro atoms. The fourth-order valence-electron chi connectivity index (χ4n) is 1.57. The standard InChI is InChI=1S/C12H15N3O/c1-3-12(16)13-7-11-14-9-5-4-8(2)6-10(9)15-11/h4-6H,3,7H2,1-2H3,(H,13,16)(H,14,15). The topological polar surface area (TPSA) is 57.8 Å². The molecule has 4 nitrogen and oxygen atoms in total. The summed E-state index contributed by atoms with van der Waals surface area (Å²) in [6.07, 6.45) is 0.499. The van der Waals surface area contributed by atoms with Crippen molar-refractivity contribution in [2.24, 2.45) is 0 Å². The molecule has 2 aromatic rings. The average Bonchev–Trinajstić information content (AvgIpc) is 2.67. The number of aryl methyl sites for hydroxylation is 1. The Labute approximate surface area is 94.1 Å². The zero-order chi connectivity index (χ0) is 11.5. The number of aromatic nitrogens is 2. The highest BCUT2D eigenvalue weighted by Crippen LogP contribution is 2.12. The van der Waals surface area contributed by atoms with Gasteiger partial charge < -0.3 is 10.3 Å². The summed E-state index contributed by atoms with van der Waals surface area (Å²) in [7, 11) is 0. The number of benzene rings is 1. The molecule has 0 bridgehead atoms. The lowest BCUT2D eigenvalue weighted by atomic mass is 10.2. The molecule has 0 fully saturated rings. The van der Waals surface area contributed by atoms with E-state index in [0.717, 1.165) is 16.9 Å². The van der Waals surface area contributed by atoms with E-state index in [-0.39, 0.29) is 5.91 Å². The van der Waals surface area contributed by atoms with Crippen molar-refractivity contribution in [3.8, 4) is 0 Å². The molecular formula is C12H15N3O. The summed E-state index contributed by atoms with van der Waals surface area (Å²) < 4.78 is 0. The molecule has 2 N–H and O–H groups in total. The average molecular weight is 217 g/mol. The fraction of sp³-hybridized carbons (Fsp3) is 0.333. The minimum Gasteiger partial charge on any atom is -0.349 e. The van der Waals surface area contributed by atoms with Gasteiger partial charge >= 0.3 is 0 Å². The molecule has 0 aliphatic rings. The molecule has 0 aliphatic heterocycles. The van der Waals surface area contributed by atoms with Crippen LogP contribution in [-0.2, 0) is 11.3 Å². The Kier molecular flexibility index (Phi) is 2.90. The van der Waals surface area contributed by atoms with Crippen molar-refractivity contribution < 1.29 is 4.79 Å². The van der Waals surface area contributed by atoms with Crippen LogP contribution in [0.15, 0.2) is 18.2 Å². The van der Waals surface area contributed by atoms with Crippen molar-refractivity contribution in [2.75, 3.05) is 0 Å². The third-order valence-electron chi connectivity index (χ3n) is 2.46. The van der Waals surface area contributed by atoms with Crippen molar-refractivity contribution in [1.82, 2.24) is 15.3 Å². The first kappa shape index (κ1) is 10.7. The highest BCUT2D eigenvalue weighted by molar-refractivity contribution is 5.77. The van der Waals surface area contributed by atoms with Crippen LogP contribution in [0.1, 0.15) is 24.7 Å². The molecule has 16 heavy (non-hydrogen) atoms. The number of hydrogen-bond acceptors (Lipinski definition) is 2. The number of H-pyrrole nitrogens is 1. The molecular weight excluding hydrogens is 202 g/mol. The molecule has 1 aromatic heterocycles. The number of carbonyl (C=O) groups is 1. The lowest BCUT2D eigenvalue weighted by Gasteiger charge is -1.98. The van der Waals surface area contributed by atoms with Gasteiger partial charge in [0.1, 0.15) is 5.82 Å². The molecule has 0 aliphatic carbocycles. The van der Waals surface area contributed by atoms with Crippen molar-refractivity contribution in [3.63, 3.8) is 0 Å². The monoisotopic (exact) mass is 217 g/mol. The van der Waals surface area contributed by atoms with Gasteiger partial charge in [-0.25, -0.2) is 4.98 Å². The zero-order valence-electron chi connectivity index (χ0n) is 9.50. The summed E-state index contributed by atoms with van der Waals surface area (Å²) in [5.41, 5.74) is 3.15. The largest absolute Gasteiger partial charge is 0.349 e. The summed E-state index contributed by atoms with van der Waals surface area (Å²) >= 11 is 0. The smallest absolute Gasteiger partial charge is 0.220 e. The van der Waals surface area contributed by atoms with Crippen LogP contribution in [0.3, 0.4) is 0 Å². The Morgan fingerprint density at radius 1 is 1.50 bits per heavy atom. The lowest BCUT2D eigenvalue weighted by molar-refractivity contribution is -0.120. The number of imidazole rings is 1. The van der Waals surface area contributed by atoms with Crippen molar-refractivity contribution in [2.45, 2.75) is 26.8 Å². The molecule has 2 rings (SSSR count). The zero-order valence-corrected chi connectivity index (χ0v) is 9.50. The number of nitrogens with zero attached hydrogens (tertiary/aromatic N) is 1. The molecule has 1 amide bonds. The summed E-state index contributed by atoms with van der Waals surface area (Å²) in [4.78, 5) is 18.7. The quantitative estimate of drug-likeness (QED) is 0.825. The van der Waals surface area contributed by atoms with E-state index in [1.165, 1.54) is 5.56 Å². The highest BCUT2D eigenvalue weighted by Gasteiger charge is 2.03. The number of hydrogen-bond donors (Lipinski definition) is 2. The first-order chi connectivity index (χ1) is 7.69. The van der Waals surface area contributed by atoms with Gasteiger partial charge in [0.15, 0.2) is 0 Å². The van der Waals surface area contributed by atoms with E-state index in [1.54, 1.807) is 0 Å². The SMILES string of the molecule is CCC(=O)NCc1nc2ccc(C)cc2[nH]1. The first-order valence-electron chi connectivity index (χ1n) is 5.41. The molecule has 0 atom stereocenters. The Morgan fingerprint density at radius 2 is 2.31 bits per heavy atom. The predicted octanol–water partition coefficient (Wildman–Crippen LogP) is 1.90. The van der Waals surface area contributed by atoms with Gasteiger partial charge in [0.05, 0.1) is 17.6 Å². The van der Waals surface area contributed by atoms with E-state index >= 15 is 0 Å². The number of fused-ring (bicyclic) bond motifs is 1. The minimum absolute atomic E-state index is 0.0386. The van der Waals surface area contributed by atoms with E-state index in [1.807, 2.05) is 32.0 Å².